The summed E-state index contributed by atoms with van der Waals surface area (Å²) in [6.45, 7) is 1.95. The Bertz CT molecular complexity index is 977. The number of rotatable bonds is 6. The maximum Gasteiger partial charge on any atom is 0.254 e. The molecule has 7 heteroatoms. The maximum atomic E-state index is 14.5. The number of nitrogens with one attached hydrogen (secondary N) is 1. The Morgan fingerprint density at radius 1 is 1.25 bits per heavy atom. The molecule has 1 atom stereocenters. The fraction of sp³-hybridized carbons (Fsp3) is 0.190. The van der Waals surface area contributed by atoms with Crippen LogP contribution in [0.3, 0.4) is 0 Å². The molecule has 0 aliphatic rings. The number of aliphatic hydroxyl groups excluding tert-OH is 1. The number of amides is 1. The van der Waals surface area contributed by atoms with Crippen molar-refractivity contribution in [3.63, 3.8) is 0 Å². The third-order valence-corrected chi connectivity index (χ3v) is 4.14. The van der Waals surface area contributed by atoms with Gasteiger partial charge in [0, 0.05) is 24.7 Å². The molecule has 0 aliphatic heterocycles. The molecule has 6 nitrogen and oxygen atoms in total. The van der Waals surface area contributed by atoms with E-state index in [1.165, 1.54) is 18.3 Å². The summed E-state index contributed by atoms with van der Waals surface area (Å²) in [6.07, 6.45) is 1.26. The van der Waals surface area contributed by atoms with Crippen LogP contribution < -0.4 is 11.1 Å². The summed E-state index contributed by atoms with van der Waals surface area (Å²) in [5.74, 6) is -1.03. The highest BCUT2D eigenvalue weighted by Crippen LogP contribution is 2.24. The van der Waals surface area contributed by atoms with Gasteiger partial charge in [-0.1, -0.05) is 36.4 Å². The van der Waals surface area contributed by atoms with Crippen LogP contribution in [0.4, 0.5) is 10.2 Å². The first-order valence-corrected chi connectivity index (χ1v) is 8.85. The van der Waals surface area contributed by atoms with Gasteiger partial charge >= 0.3 is 0 Å². The molecule has 1 aromatic heterocycles. The third kappa shape index (κ3) is 4.69. The summed E-state index contributed by atoms with van der Waals surface area (Å²) >= 11 is 0. The lowest BCUT2D eigenvalue weighted by Crippen LogP contribution is -2.23. The van der Waals surface area contributed by atoms with Crippen LogP contribution in [-0.2, 0) is 13.0 Å². The van der Waals surface area contributed by atoms with E-state index in [1.807, 2.05) is 30.3 Å². The zero-order valence-electron chi connectivity index (χ0n) is 15.4. The van der Waals surface area contributed by atoms with Crippen LogP contribution in [0.25, 0.3) is 11.3 Å². The van der Waals surface area contributed by atoms with Crippen molar-refractivity contribution in [3.05, 3.63) is 77.4 Å². The highest BCUT2D eigenvalue weighted by Gasteiger charge is 2.15. The fourth-order valence-corrected chi connectivity index (χ4v) is 2.79. The van der Waals surface area contributed by atoms with Crippen LogP contribution in [-0.4, -0.2) is 27.1 Å². The standard InChI is InChI=1S/C21H21FN4O2/c1-13(27)9-16-12-24-19(20(23)26-16)15-7-8-17(18(22)10-15)21(28)25-11-14-5-3-2-4-6-14/h2-8,10,12-13,27H,9,11H2,1H3,(H2,23,26)(H,25,28)/t13-/m0/s1. The summed E-state index contributed by atoms with van der Waals surface area (Å²) in [6, 6.07) is 13.6. The van der Waals surface area contributed by atoms with Crippen molar-refractivity contribution in [1.82, 2.24) is 15.3 Å². The number of aromatic nitrogens is 2. The Morgan fingerprint density at radius 2 is 2.00 bits per heavy atom. The zero-order valence-corrected chi connectivity index (χ0v) is 15.4. The van der Waals surface area contributed by atoms with Crippen molar-refractivity contribution in [2.45, 2.75) is 26.0 Å². The molecule has 0 radical (unpaired) electrons. The minimum Gasteiger partial charge on any atom is -0.393 e. The van der Waals surface area contributed by atoms with Gasteiger partial charge in [-0.3, -0.25) is 9.78 Å². The lowest BCUT2D eigenvalue weighted by atomic mass is 10.1. The van der Waals surface area contributed by atoms with Gasteiger partial charge in [-0.15, -0.1) is 0 Å². The number of nitrogens with zero attached hydrogens (tertiary/aromatic N) is 2. The van der Waals surface area contributed by atoms with Crippen LogP contribution in [0.5, 0.6) is 0 Å². The second-order valence-electron chi connectivity index (χ2n) is 6.51. The Kier molecular flexibility index (Phi) is 5.96. The van der Waals surface area contributed by atoms with Gasteiger partial charge in [-0.2, -0.15) is 0 Å². The van der Waals surface area contributed by atoms with E-state index in [1.54, 1.807) is 13.0 Å². The van der Waals surface area contributed by atoms with Crippen molar-refractivity contribution >= 4 is 11.7 Å². The smallest absolute Gasteiger partial charge is 0.254 e. The van der Waals surface area contributed by atoms with E-state index in [0.29, 0.717) is 29.9 Å². The Morgan fingerprint density at radius 3 is 2.64 bits per heavy atom. The van der Waals surface area contributed by atoms with Gasteiger partial charge in [0.05, 0.1) is 17.4 Å². The molecule has 28 heavy (non-hydrogen) atoms. The first-order valence-electron chi connectivity index (χ1n) is 8.85. The fourth-order valence-electron chi connectivity index (χ4n) is 2.79. The minimum absolute atomic E-state index is 0.0584. The van der Waals surface area contributed by atoms with Gasteiger partial charge in [0.15, 0.2) is 0 Å². The van der Waals surface area contributed by atoms with Gasteiger partial charge in [-0.25, -0.2) is 9.37 Å². The summed E-state index contributed by atoms with van der Waals surface area (Å²) in [7, 11) is 0. The molecular formula is C21H21FN4O2. The molecule has 4 N–H and O–H groups in total. The van der Waals surface area contributed by atoms with Crippen molar-refractivity contribution in [3.8, 4) is 11.3 Å². The number of benzene rings is 2. The summed E-state index contributed by atoms with van der Waals surface area (Å²) < 4.78 is 14.5. The quantitative estimate of drug-likeness (QED) is 0.610. The summed E-state index contributed by atoms with van der Waals surface area (Å²) in [4.78, 5) is 20.7. The van der Waals surface area contributed by atoms with E-state index in [4.69, 9.17) is 5.73 Å². The monoisotopic (exact) mass is 380 g/mol. The summed E-state index contributed by atoms with van der Waals surface area (Å²) in [5, 5.41) is 12.1. The Hall–Kier alpha value is -3.32. The molecule has 1 heterocycles. The van der Waals surface area contributed by atoms with Gasteiger partial charge < -0.3 is 16.2 Å². The van der Waals surface area contributed by atoms with Crippen molar-refractivity contribution in [2.24, 2.45) is 0 Å². The van der Waals surface area contributed by atoms with E-state index in [2.05, 4.69) is 15.3 Å². The first kappa shape index (κ1) is 19.4. The minimum atomic E-state index is -0.669. The number of nitrogens with two attached hydrogens (primary N) is 1. The number of carbonyl (C=O) groups is 1. The average molecular weight is 380 g/mol. The molecule has 0 unspecified atom stereocenters. The molecule has 2 aromatic carbocycles. The number of halogens is 1. The number of anilines is 1. The van der Waals surface area contributed by atoms with Crippen molar-refractivity contribution in [2.75, 3.05) is 5.73 Å². The predicted molar refractivity (Wildman–Crippen MR) is 105 cm³/mol. The zero-order chi connectivity index (χ0) is 20.1. The number of aliphatic hydroxyl groups is 1. The van der Waals surface area contributed by atoms with E-state index in [0.717, 1.165) is 5.56 Å². The van der Waals surface area contributed by atoms with E-state index in [9.17, 15) is 14.3 Å². The maximum absolute atomic E-state index is 14.5. The molecule has 0 aliphatic carbocycles. The average Bonchev–Trinajstić information content (AvgIpc) is 2.66. The Labute approximate surface area is 162 Å². The number of carbonyl (C=O) groups excluding carboxylic acids is 1. The van der Waals surface area contributed by atoms with E-state index in [-0.39, 0.29) is 11.4 Å². The molecule has 0 fully saturated rings. The third-order valence-electron chi connectivity index (χ3n) is 4.14. The largest absolute Gasteiger partial charge is 0.393 e. The molecule has 3 rings (SSSR count). The van der Waals surface area contributed by atoms with Gasteiger partial charge in [0.2, 0.25) is 0 Å². The van der Waals surface area contributed by atoms with Gasteiger partial charge in [-0.05, 0) is 24.6 Å². The molecule has 0 bridgehead atoms. The van der Waals surface area contributed by atoms with Crippen LogP contribution in [0, 0.1) is 5.82 Å². The first-order chi connectivity index (χ1) is 13.4. The normalized spacial score (nSPS) is 11.8. The van der Waals surface area contributed by atoms with Gasteiger partial charge in [0.1, 0.15) is 17.3 Å². The van der Waals surface area contributed by atoms with E-state index < -0.39 is 17.8 Å². The van der Waals surface area contributed by atoms with Crippen molar-refractivity contribution < 1.29 is 14.3 Å². The molecule has 0 saturated heterocycles. The molecular weight excluding hydrogens is 359 g/mol. The van der Waals surface area contributed by atoms with Crippen LogP contribution >= 0.6 is 0 Å². The Balaban J connectivity index is 1.76. The van der Waals surface area contributed by atoms with Crippen LogP contribution in [0.1, 0.15) is 28.5 Å². The highest BCUT2D eigenvalue weighted by atomic mass is 19.1. The van der Waals surface area contributed by atoms with Gasteiger partial charge in [0.25, 0.3) is 5.91 Å². The molecule has 0 saturated carbocycles. The van der Waals surface area contributed by atoms with E-state index >= 15 is 0 Å². The van der Waals surface area contributed by atoms with Crippen molar-refractivity contribution in [1.29, 1.82) is 0 Å². The van der Waals surface area contributed by atoms with Crippen LogP contribution in [0.2, 0.25) is 0 Å². The lowest BCUT2D eigenvalue weighted by Gasteiger charge is -2.10. The summed E-state index contributed by atoms with van der Waals surface area (Å²) in [5.41, 5.74) is 8.09. The van der Waals surface area contributed by atoms with Crippen LogP contribution in [0.15, 0.2) is 54.7 Å². The molecule has 0 spiro atoms. The highest BCUT2D eigenvalue weighted by molar-refractivity contribution is 5.95. The SMILES string of the molecule is C[C@H](O)Cc1cnc(-c2ccc(C(=O)NCc3ccccc3)c(F)c2)c(N)n1. The number of hydrogen-bond donors (Lipinski definition) is 3. The second-order valence-corrected chi connectivity index (χ2v) is 6.51. The molecule has 3 aromatic rings. The molecule has 144 valence electrons. The predicted octanol–water partition coefficient (Wildman–Crippen LogP) is 2.72. The molecule has 1 amide bonds. The number of nitrogen functional groups attached to an aromatic ring is 1. The second kappa shape index (κ2) is 8.58. The topological polar surface area (TPSA) is 101 Å². The lowest BCUT2D eigenvalue weighted by molar-refractivity contribution is 0.0947. The number of hydrogen-bond acceptors (Lipinski definition) is 5.